The van der Waals surface area contributed by atoms with Gasteiger partial charge in [-0.05, 0) is 12.1 Å². The van der Waals surface area contributed by atoms with Crippen LogP contribution in [0.3, 0.4) is 0 Å². The Kier molecular flexibility index (Phi) is 2.31. The van der Waals surface area contributed by atoms with Crippen molar-refractivity contribution in [2.24, 2.45) is 0 Å². The molecular formula is C7H3F4NO. The molecule has 0 atom stereocenters. The Morgan fingerprint density at radius 3 is 2.46 bits per heavy atom. The fraction of sp³-hybridized carbons (Fsp3) is 0.143. The van der Waals surface area contributed by atoms with Crippen LogP contribution in [0.15, 0.2) is 18.3 Å². The zero-order chi connectivity index (χ0) is 10.1. The molecule has 0 saturated heterocycles. The summed E-state index contributed by atoms with van der Waals surface area (Å²) < 4.78 is 47.9. The molecule has 0 aliphatic heterocycles. The second kappa shape index (κ2) is 3.12. The molecule has 1 aromatic rings. The van der Waals surface area contributed by atoms with Gasteiger partial charge < -0.3 is 0 Å². The van der Waals surface area contributed by atoms with Crippen molar-refractivity contribution in [1.29, 1.82) is 0 Å². The summed E-state index contributed by atoms with van der Waals surface area (Å²) in [5.74, 6) is -3.64. The van der Waals surface area contributed by atoms with Gasteiger partial charge >= 0.3 is 6.18 Å². The van der Waals surface area contributed by atoms with E-state index in [1.54, 1.807) is 0 Å². The van der Waals surface area contributed by atoms with E-state index in [-0.39, 0.29) is 0 Å². The van der Waals surface area contributed by atoms with Gasteiger partial charge in [0, 0.05) is 6.20 Å². The van der Waals surface area contributed by atoms with Gasteiger partial charge in [-0.2, -0.15) is 17.6 Å². The van der Waals surface area contributed by atoms with Crippen LogP contribution in [0.2, 0.25) is 0 Å². The van der Waals surface area contributed by atoms with Crippen LogP contribution in [0.1, 0.15) is 10.4 Å². The molecule has 0 saturated carbocycles. The maximum absolute atomic E-state index is 12.5. The van der Waals surface area contributed by atoms with Gasteiger partial charge in [-0.25, -0.2) is 4.98 Å². The Morgan fingerprint density at radius 2 is 2.00 bits per heavy atom. The summed E-state index contributed by atoms with van der Waals surface area (Å²) in [4.78, 5) is 13.4. The predicted octanol–water partition coefficient (Wildman–Crippen LogP) is 1.97. The van der Waals surface area contributed by atoms with Crippen LogP contribution >= 0.6 is 0 Å². The summed E-state index contributed by atoms with van der Waals surface area (Å²) in [6, 6.07) is 1.79. The van der Waals surface area contributed by atoms with E-state index in [4.69, 9.17) is 0 Å². The third-order valence-electron chi connectivity index (χ3n) is 1.26. The third kappa shape index (κ3) is 2.01. The number of halogens is 4. The molecule has 70 valence electrons. The Hall–Kier alpha value is -1.46. The number of pyridine rings is 1. The fourth-order valence-electron chi connectivity index (χ4n) is 0.708. The Balaban J connectivity index is 3.10. The first-order valence-corrected chi connectivity index (χ1v) is 3.15. The topological polar surface area (TPSA) is 30.0 Å². The minimum atomic E-state index is -5.07. The number of carbonyl (C=O) groups excluding carboxylic acids is 1. The van der Waals surface area contributed by atoms with Crippen molar-refractivity contribution >= 4 is 5.78 Å². The molecule has 1 rings (SSSR count). The number of alkyl halides is 3. The maximum Gasteiger partial charge on any atom is 0.455 e. The zero-order valence-corrected chi connectivity index (χ0v) is 6.10. The van der Waals surface area contributed by atoms with E-state index in [2.05, 4.69) is 4.98 Å². The van der Waals surface area contributed by atoms with Gasteiger partial charge in [-0.1, -0.05) is 0 Å². The van der Waals surface area contributed by atoms with Crippen molar-refractivity contribution in [1.82, 2.24) is 4.98 Å². The second-order valence-electron chi connectivity index (χ2n) is 2.17. The quantitative estimate of drug-likeness (QED) is 0.387. The van der Waals surface area contributed by atoms with Crippen LogP contribution in [-0.2, 0) is 0 Å². The smallest absolute Gasteiger partial charge is 0.284 e. The van der Waals surface area contributed by atoms with Crippen molar-refractivity contribution in [3.05, 3.63) is 29.8 Å². The number of hydrogen-bond acceptors (Lipinski definition) is 2. The highest BCUT2D eigenvalue weighted by molar-refractivity contribution is 6.00. The third-order valence-corrected chi connectivity index (χ3v) is 1.26. The van der Waals surface area contributed by atoms with Gasteiger partial charge in [0.2, 0.25) is 5.95 Å². The SMILES string of the molecule is O=C(c1cccnc1F)C(F)(F)F. The monoisotopic (exact) mass is 193 g/mol. The Bertz CT molecular complexity index is 334. The van der Waals surface area contributed by atoms with Crippen molar-refractivity contribution in [3.8, 4) is 0 Å². The van der Waals surface area contributed by atoms with E-state index in [1.165, 1.54) is 0 Å². The molecule has 0 N–H and O–H groups in total. The molecule has 1 heterocycles. The highest BCUT2D eigenvalue weighted by Gasteiger charge is 2.40. The first-order valence-electron chi connectivity index (χ1n) is 3.15. The number of Topliss-reactive ketones (excluding diaryl/α,β-unsaturated/α-hetero) is 1. The van der Waals surface area contributed by atoms with Crippen molar-refractivity contribution in [3.63, 3.8) is 0 Å². The standard InChI is InChI=1S/C7H3F4NO/c8-6-4(2-1-3-12-6)5(13)7(9,10)11/h1-3H. The molecule has 13 heavy (non-hydrogen) atoms. The molecule has 0 aliphatic rings. The van der Waals surface area contributed by atoms with Crippen molar-refractivity contribution in [2.45, 2.75) is 6.18 Å². The van der Waals surface area contributed by atoms with Crippen LogP contribution in [0.25, 0.3) is 0 Å². The lowest BCUT2D eigenvalue weighted by molar-refractivity contribution is -0.0888. The predicted molar refractivity (Wildman–Crippen MR) is 34.6 cm³/mol. The van der Waals surface area contributed by atoms with Crippen LogP contribution in [-0.4, -0.2) is 16.9 Å². The minimum Gasteiger partial charge on any atom is -0.284 e. The number of hydrogen-bond donors (Lipinski definition) is 0. The number of aromatic nitrogens is 1. The Morgan fingerprint density at radius 1 is 1.38 bits per heavy atom. The van der Waals surface area contributed by atoms with Gasteiger partial charge in [-0.3, -0.25) is 4.79 Å². The zero-order valence-electron chi connectivity index (χ0n) is 6.10. The molecule has 0 unspecified atom stereocenters. The van der Waals surface area contributed by atoms with Gasteiger partial charge in [0.1, 0.15) is 0 Å². The summed E-state index contributed by atoms with van der Waals surface area (Å²) in [5.41, 5.74) is -1.06. The molecule has 0 aromatic carbocycles. The van der Waals surface area contributed by atoms with E-state index in [0.29, 0.717) is 0 Å². The summed E-state index contributed by atoms with van der Waals surface area (Å²) in [5, 5.41) is 0. The molecule has 0 fully saturated rings. The van der Waals surface area contributed by atoms with E-state index in [0.717, 1.165) is 18.3 Å². The van der Waals surface area contributed by atoms with Gasteiger partial charge in [-0.15, -0.1) is 0 Å². The highest BCUT2D eigenvalue weighted by Crippen LogP contribution is 2.21. The summed E-state index contributed by atoms with van der Waals surface area (Å²) >= 11 is 0. The van der Waals surface area contributed by atoms with Crippen molar-refractivity contribution < 1.29 is 22.4 Å². The van der Waals surface area contributed by atoms with Crippen LogP contribution in [0.5, 0.6) is 0 Å². The summed E-state index contributed by atoms with van der Waals surface area (Å²) in [7, 11) is 0. The lowest BCUT2D eigenvalue weighted by Crippen LogP contribution is -2.24. The molecule has 0 aliphatic carbocycles. The van der Waals surface area contributed by atoms with E-state index < -0.39 is 23.5 Å². The van der Waals surface area contributed by atoms with Crippen molar-refractivity contribution in [2.75, 3.05) is 0 Å². The van der Waals surface area contributed by atoms with E-state index >= 15 is 0 Å². The normalized spacial score (nSPS) is 11.4. The second-order valence-corrected chi connectivity index (χ2v) is 2.17. The average Bonchev–Trinajstić information content (AvgIpc) is 2.02. The average molecular weight is 193 g/mol. The maximum atomic E-state index is 12.5. The van der Waals surface area contributed by atoms with Crippen LogP contribution in [0, 0.1) is 5.95 Å². The minimum absolute atomic E-state index is 0.734. The largest absolute Gasteiger partial charge is 0.455 e. The molecule has 2 nitrogen and oxygen atoms in total. The molecule has 0 bridgehead atoms. The fourth-order valence-corrected chi connectivity index (χ4v) is 0.708. The highest BCUT2D eigenvalue weighted by atomic mass is 19.4. The van der Waals surface area contributed by atoms with Gasteiger partial charge in [0.25, 0.3) is 5.78 Å². The molecule has 6 heteroatoms. The molecule has 0 radical (unpaired) electrons. The van der Waals surface area contributed by atoms with Crippen LogP contribution in [0.4, 0.5) is 17.6 Å². The molecule has 0 amide bonds. The van der Waals surface area contributed by atoms with E-state index in [9.17, 15) is 22.4 Å². The van der Waals surface area contributed by atoms with Gasteiger partial charge in [0.05, 0.1) is 5.56 Å². The number of ketones is 1. The Labute approximate surface area is 70.2 Å². The lowest BCUT2D eigenvalue weighted by atomic mass is 10.2. The summed E-state index contributed by atoms with van der Waals surface area (Å²) in [6.07, 6.45) is -4.10. The van der Waals surface area contributed by atoms with Gasteiger partial charge in [0.15, 0.2) is 0 Å². The first kappa shape index (κ1) is 9.63. The number of carbonyl (C=O) groups is 1. The number of rotatable bonds is 1. The molecule has 1 aromatic heterocycles. The lowest BCUT2D eigenvalue weighted by Gasteiger charge is -2.04. The van der Waals surface area contributed by atoms with Crippen LogP contribution < -0.4 is 0 Å². The molecular weight excluding hydrogens is 190 g/mol. The summed E-state index contributed by atoms with van der Waals surface area (Å²) in [6.45, 7) is 0. The molecule has 0 spiro atoms. The first-order chi connectivity index (χ1) is 5.93. The number of nitrogens with zero attached hydrogens (tertiary/aromatic N) is 1. The van der Waals surface area contributed by atoms with E-state index in [1.807, 2.05) is 0 Å².